The highest BCUT2D eigenvalue weighted by molar-refractivity contribution is 5.46. The average Bonchev–Trinajstić information content (AvgIpc) is 2.62. The Hall–Kier alpha value is -2.11. The van der Waals surface area contributed by atoms with E-state index in [-0.39, 0.29) is 0 Å². The van der Waals surface area contributed by atoms with Crippen molar-refractivity contribution in [2.45, 2.75) is 24.7 Å². The minimum Gasteiger partial charge on any atom is -0.301 e. The van der Waals surface area contributed by atoms with Crippen LogP contribution in [-0.4, -0.2) is 24.5 Å². The Labute approximate surface area is 133 Å². The highest BCUT2D eigenvalue weighted by atomic mass is 15.1. The molecule has 22 heavy (non-hydrogen) atoms. The molecular weight excluding hydrogens is 268 g/mol. The smallest absolute Gasteiger partial charge is 0.120 e. The summed E-state index contributed by atoms with van der Waals surface area (Å²) in [5.74, 6) is 0. The minimum absolute atomic E-state index is 0.583. The molecule has 1 aliphatic heterocycles. The van der Waals surface area contributed by atoms with Crippen molar-refractivity contribution in [3.05, 3.63) is 71.8 Å². The minimum atomic E-state index is -0.583. The molecule has 112 valence electrons. The molecule has 0 saturated carbocycles. The third-order valence-corrected chi connectivity index (χ3v) is 4.63. The third kappa shape index (κ3) is 2.91. The molecule has 1 saturated heterocycles. The predicted octanol–water partition coefficient (Wildman–Crippen LogP) is 3.98. The van der Waals surface area contributed by atoms with Gasteiger partial charge in [0.25, 0.3) is 0 Å². The van der Waals surface area contributed by atoms with Gasteiger partial charge < -0.3 is 4.90 Å². The van der Waals surface area contributed by atoms with Gasteiger partial charge in [-0.05, 0) is 37.1 Å². The van der Waals surface area contributed by atoms with Crippen molar-refractivity contribution in [1.29, 1.82) is 5.26 Å². The fourth-order valence-corrected chi connectivity index (χ4v) is 3.41. The fraction of sp³-hybridized carbons (Fsp3) is 0.350. The third-order valence-electron chi connectivity index (χ3n) is 4.63. The lowest BCUT2D eigenvalue weighted by molar-refractivity contribution is 0.207. The van der Waals surface area contributed by atoms with Gasteiger partial charge in [0.15, 0.2) is 0 Å². The molecule has 0 radical (unpaired) electrons. The maximum atomic E-state index is 10.1. The molecule has 2 nitrogen and oxygen atoms in total. The molecule has 2 aromatic carbocycles. The normalized spacial score (nSPS) is 16.1. The van der Waals surface area contributed by atoms with Crippen molar-refractivity contribution in [2.24, 2.45) is 0 Å². The standard InChI is InChI=1S/C20H22N2/c21-16-20(18-10-4-1-5-11-18,19-12-6-2-7-13-19)17-22-14-8-3-9-15-22/h1-2,4-7,10-13H,3,8-9,14-15,17H2. The summed E-state index contributed by atoms with van der Waals surface area (Å²) < 4.78 is 0. The van der Waals surface area contributed by atoms with Gasteiger partial charge in [-0.25, -0.2) is 0 Å². The largest absolute Gasteiger partial charge is 0.301 e. The fourth-order valence-electron chi connectivity index (χ4n) is 3.41. The lowest BCUT2D eigenvalue weighted by Crippen LogP contribution is -2.43. The second-order valence-corrected chi connectivity index (χ2v) is 6.09. The molecule has 1 aliphatic rings. The molecule has 1 fully saturated rings. The average molecular weight is 290 g/mol. The SMILES string of the molecule is N#CC(CN1CCCCC1)(c1ccccc1)c1ccccc1. The summed E-state index contributed by atoms with van der Waals surface area (Å²) in [5, 5.41) is 10.1. The van der Waals surface area contributed by atoms with E-state index in [1.54, 1.807) is 0 Å². The zero-order valence-electron chi connectivity index (χ0n) is 12.9. The maximum Gasteiger partial charge on any atom is 0.120 e. The van der Waals surface area contributed by atoms with E-state index in [1.807, 2.05) is 36.4 Å². The van der Waals surface area contributed by atoms with Crippen molar-refractivity contribution in [2.75, 3.05) is 19.6 Å². The Morgan fingerprint density at radius 1 is 0.818 bits per heavy atom. The Morgan fingerprint density at radius 2 is 1.32 bits per heavy atom. The summed E-state index contributed by atoms with van der Waals surface area (Å²) >= 11 is 0. The molecule has 2 aromatic rings. The first-order chi connectivity index (χ1) is 10.8. The van der Waals surface area contributed by atoms with Crippen molar-refractivity contribution in [1.82, 2.24) is 4.90 Å². The summed E-state index contributed by atoms with van der Waals surface area (Å²) in [6, 6.07) is 23.1. The number of rotatable bonds is 4. The van der Waals surface area contributed by atoms with Crippen LogP contribution in [-0.2, 0) is 5.41 Å². The lowest BCUT2D eigenvalue weighted by Gasteiger charge is -2.36. The predicted molar refractivity (Wildman–Crippen MR) is 89.6 cm³/mol. The van der Waals surface area contributed by atoms with Gasteiger partial charge in [0.2, 0.25) is 0 Å². The lowest BCUT2D eigenvalue weighted by atomic mass is 9.75. The highest BCUT2D eigenvalue weighted by Crippen LogP contribution is 2.33. The van der Waals surface area contributed by atoms with Gasteiger partial charge in [0.1, 0.15) is 5.41 Å². The quantitative estimate of drug-likeness (QED) is 0.851. The summed E-state index contributed by atoms with van der Waals surface area (Å²) in [7, 11) is 0. The van der Waals surface area contributed by atoms with Crippen LogP contribution in [0.5, 0.6) is 0 Å². The molecule has 3 rings (SSSR count). The number of nitriles is 1. The van der Waals surface area contributed by atoms with Crippen molar-refractivity contribution in [3.63, 3.8) is 0 Å². The van der Waals surface area contributed by atoms with Crippen molar-refractivity contribution in [3.8, 4) is 6.07 Å². The summed E-state index contributed by atoms with van der Waals surface area (Å²) in [4.78, 5) is 2.45. The second-order valence-electron chi connectivity index (χ2n) is 6.09. The number of nitrogens with zero attached hydrogens (tertiary/aromatic N) is 2. The molecule has 0 aromatic heterocycles. The molecule has 0 aliphatic carbocycles. The van der Waals surface area contributed by atoms with E-state index in [9.17, 15) is 5.26 Å². The van der Waals surface area contributed by atoms with E-state index in [0.717, 1.165) is 30.8 Å². The van der Waals surface area contributed by atoms with Crippen LogP contribution >= 0.6 is 0 Å². The molecule has 0 bridgehead atoms. The van der Waals surface area contributed by atoms with Gasteiger partial charge in [0.05, 0.1) is 6.07 Å². The van der Waals surface area contributed by atoms with Gasteiger partial charge in [0, 0.05) is 6.54 Å². The van der Waals surface area contributed by atoms with Crippen LogP contribution in [0.15, 0.2) is 60.7 Å². The Kier molecular flexibility index (Phi) is 4.56. The maximum absolute atomic E-state index is 10.1. The van der Waals surface area contributed by atoms with E-state index in [2.05, 4.69) is 35.2 Å². The molecular formula is C20H22N2. The van der Waals surface area contributed by atoms with E-state index in [4.69, 9.17) is 0 Å². The van der Waals surface area contributed by atoms with Crippen LogP contribution < -0.4 is 0 Å². The molecule has 0 amide bonds. The van der Waals surface area contributed by atoms with Crippen LogP contribution in [0.2, 0.25) is 0 Å². The Morgan fingerprint density at radius 3 is 1.77 bits per heavy atom. The summed E-state index contributed by atoms with van der Waals surface area (Å²) in [6.45, 7) is 2.98. The summed E-state index contributed by atoms with van der Waals surface area (Å²) in [6.07, 6.45) is 3.79. The van der Waals surface area contributed by atoms with Gasteiger partial charge >= 0.3 is 0 Å². The first-order valence-electron chi connectivity index (χ1n) is 8.10. The number of hydrogen-bond acceptors (Lipinski definition) is 2. The van der Waals surface area contributed by atoms with Crippen molar-refractivity contribution < 1.29 is 0 Å². The number of benzene rings is 2. The van der Waals surface area contributed by atoms with Crippen LogP contribution in [0.1, 0.15) is 30.4 Å². The molecule has 0 atom stereocenters. The summed E-state index contributed by atoms with van der Waals surface area (Å²) in [5.41, 5.74) is 1.60. The van der Waals surface area contributed by atoms with E-state index in [1.165, 1.54) is 19.3 Å². The van der Waals surface area contributed by atoms with Gasteiger partial charge in [-0.3, -0.25) is 0 Å². The molecule has 1 heterocycles. The topological polar surface area (TPSA) is 27.0 Å². The number of piperidine rings is 1. The van der Waals surface area contributed by atoms with Gasteiger partial charge in [-0.2, -0.15) is 5.26 Å². The molecule has 0 spiro atoms. The van der Waals surface area contributed by atoms with E-state index >= 15 is 0 Å². The van der Waals surface area contributed by atoms with Gasteiger partial charge in [-0.15, -0.1) is 0 Å². The molecule has 0 unspecified atom stereocenters. The first kappa shape index (κ1) is 14.8. The van der Waals surface area contributed by atoms with Gasteiger partial charge in [-0.1, -0.05) is 67.1 Å². The zero-order chi connectivity index (χ0) is 15.3. The highest BCUT2D eigenvalue weighted by Gasteiger charge is 2.36. The first-order valence-corrected chi connectivity index (χ1v) is 8.10. The molecule has 0 N–H and O–H groups in total. The molecule has 2 heteroatoms. The zero-order valence-corrected chi connectivity index (χ0v) is 12.9. The van der Waals surface area contributed by atoms with Crippen molar-refractivity contribution >= 4 is 0 Å². The van der Waals surface area contributed by atoms with Crippen LogP contribution in [0.25, 0.3) is 0 Å². The Balaban J connectivity index is 2.03. The van der Waals surface area contributed by atoms with Crippen LogP contribution in [0.3, 0.4) is 0 Å². The van der Waals surface area contributed by atoms with Crippen LogP contribution in [0.4, 0.5) is 0 Å². The van der Waals surface area contributed by atoms with E-state index in [0.29, 0.717) is 0 Å². The number of hydrogen-bond donors (Lipinski definition) is 0. The second kappa shape index (κ2) is 6.77. The van der Waals surface area contributed by atoms with Crippen LogP contribution in [0, 0.1) is 11.3 Å². The van der Waals surface area contributed by atoms with E-state index < -0.39 is 5.41 Å². The monoisotopic (exact) mass is 290 g/mol. The Bertz CT molecular complexity index is 582. The number of likely N-dealkylation sites (tertiary alicyclic amines) is 1.